The molecule has 0 saturated carbocycles. The van der Waals surface area contributed by atoms with E-state index < -0.39 is 5.97 Å². The van der Waals surface area contributed by atoms with Crippen molar-refractivity contribution in [2.75, 3.05) is 13.2 Å². The van der Waals surface area contributed by atoms with Gasteiger partial charge in [-0.25, -0.2) is 9.48 Å². The Morgan fingerprint density at radius 3 is 3.05 bits per heavy atom. The monoisotopic (exact) mass is 309 g/mol. The van der Waals surface area contributed by atoms with Crippen LogP contribution in [-0.2, 0) is 22.5 Å². The van der Waals surface area contributed by atoms with Gasteiger partial charge in [-0.1, -0.05) is 6.07 Å². The van der Waals surface area contributed by atoms with Crippen LogP contribution in [0.4, 0.5) is 0 Å². The summed E-state index contributed by atoms with van der Waals surface area (Å²) in [5.41, 5.74) is 0. The van der Waals surface area contributed by atoms with Crippen LogP contribution in [0.3, 0.4) is 0 Å². The van der Waals surface area contributed by atoms with Crippen molar-refractivity contribution in [1.29, 1.82) is 0 Å². The number of esters is 1. The predicted molar refractivity (Wildman–Crippen MR) is 74.8 cm³/mol. The minimum Gasteiger partial charge on any atom is -0.460 e. The summed E-state index contributed by atoms with van der Waals surface area (Å²) in [6.45, 7) is 2.31. The fraction of sp³-hybridized carbons (Fsp3) is 0.417. The van der Waals surface area contributed by atoms with Crippen LogP contribution >= 0.6 is 11.3 Å². The lowest BCUT2D eigenvalue weighted by Gasteiger charge is -2.05. The molecule has 2 aromatic rings. The van der Waals surface area contributed by atoms with E-state index in [4.69, 9.17) is 4.74 Å². The van der Waals surface area contributed by atoms with E-state index in [0.717, 1.165) is 11.1 Å². The van der Waals surface area contributed by atoms with E-state index in [9.17, 15) is 9.59 Å². The Balaban J connectivity index is 1.82. The van der Waals surface area contributed by atoms with Gasteiger partial charge in [-0.3, -0.25) is 4.79 Å². The maximum atomic E-state index is 11.8. The van der Waals surface area contributed by atoms with Gasteiger partial charge >= 0.3 is 5.97 Å². The fourth-order valence-electron chi connectivity index (χ4n) is 1.62. The lowest BCUT2D eigenvalue weighted by atomic mass is 10.3. The van der Waals surface area contributed by atoms with Crippen LogP contribution in [0.5, 0.6) is 0 Å². The van der Waals surface area contributed by atoms with Crippen molar-refractivity contribution in [3.63, 3.8) is 0 Å². The molecule has 0 aliphatic carbocycles. The summed E-state index contributed by atoms with van der Waals surface area (Å²) in [6, 6.07) is 3.98. The van der Waals surface area contributed by atoms with Crippen LogP contribution in [0.15, 0.2) is 17.5 Å². The molecule has 2 rings (SSSR count). The second kappa shape index (κ2) is 7.48. The van der Waals surface area contributed by atoms with Crippen molar-refractivity contribution < 1.29 is 14.3 Å². The highest BCUT2D eigenvalue weighted by molar-refractivity contribution is 7.09. The van der Waals surface area contributed by atoms with Gasteiger partial charge in [0.1, 0.15) is 6.54 Å². The quantitative estimate of drug-likeness (QED) is 0.737. The van der Waals surface area contributed by atoms with Gasteiger partial charge in [-0.05, 0) is 35.2 Å². The normalized spacial score (nSPS) is 10.3. The Kier molecular flexibility index (Phi) is 5.38. The first-order chi connectivity index (χ1) is 10.2. The Bertz CT molecular complexity index is 596. The summed E-state index contributed by atoms with van der Waals surface area (Å²) in [5.74, 6) is -0.983. The molecule has 0 spiro atoms. The molecular weight excluding hydrogens is 294 g/mol. The van der Waals surface area contributed by atoms with Crippen LogP contribution in [0.1, 0.15) is 22.4 Å². The van der Waals surface area contributed by atoms with E-state index in [0.29, 0.717) is 6.54 Å². The molecule has 1 N–H and O–H groups in total. The van der Waals surface area contributed by atoms with Crippen molar-refractivity contribution in [3.8, 4) is 0 Å². The van der Waals surface area contributed by atoms with Gasteiger partial charge in [0, 0.05) is 11.4 Å². The maximum Gasteiger partial charge on any atom is 0.378 e. The Morgan fingerprint density at radius 1 is 1.48 bits per heavy atom. The van der Waals surface area contributed by atoms with Gasteiger partial charge in [-0.15, -0.1) is 16.4 Å². The number of hydrogen-bond acceptors (Lipinski definition) is 7. The molecule has 0 fully saturated rings. The lowest BCUT2D eigenvalue weighted by Crippen LogP contribution is -2.31. The topological polar surface area (TPSA) is 99.0 Å². The molecule has 21 heavy (non-hydrogen) atoms. The number of tetrazole rings is 1. The fourth-order valence-corrected chi connectivity index (χ4v) is 2.33. The molecule has 1 amide bonds. The molecule has 0 bridgehead atoms. The minimum absolute atomic E-state index is 0.0785. The summed E-state index contributed by atoms with van der Waals surface area (Å²) < 4.78 is 5.93. The van der Waals surface area contributed by atoms with Crippen LogP contribution in [0.2, 0.25) is 0 Å². The number of rotatable bonds is 7. The Labute approximate surface area is 125 Å². The molecule has 0 aliphatic heterocycles. The van der Waals surface area contributed by atoms with Crippen LogP contribution < -0.4 is 5.32 Å². The molecule has 112 valence electrons. The van der Waals surface area contributed by atoms with Gasteiger partial charge in [-0.2, -0.15) is 0 Å². The number of ether oxygens (including phenoxy) is 1. The molecule has 0 aromatic carbocycles. The standard InChI is InChI=1S/C12H15N5O3S/c1-2-20-12(19)11-14-15-16-17(11)8-10(18)13-6-5-9-4-3-7-21-9/h3-4,7H,2,5-6,8H2,1H3,(H,13,18). The molecule has 0 radical (unpaired) electrons. The molecule has 2 aromatic heterocycles. The third-order valence-corrected chi connectivity index (χ3v) is 3.49. The molecular formula is C12H15N5O3S. The SMILES string of the molecule is CCOC(=O)c1nnnn1CC(=O)NCCc1cccs1. The van der Waals surface area contributed by atoms with Gasteiger partial charge in [0.25, 0.3) is 5.82 Å². The lowest BCUT2D eigenvalue weighted by molar-refractivity contribution is -0.121. The number of carbonyl (C=O) groups excluding carboxylic acids is 2. The summed E-state index contributed by atoms with van der Waals surface area (Å²) >= 11 is 1.64. The highest BCUT2D eigenvalue weighted by atomic mass is 32.1. The molecule has 9 heteroatoms. The van der Waals surface area contributed by atoms with Crippen LogP contribution in [-0.4, -0.2) is 45.2 Å². The van der Waals surface area contributed by atoms with Crippen molar-refractivity contribution >= 4 is 23.2 Å². The second-order valence-corrected chi connectivity index (χ2v) is 5.09. The van der Waals surface area contributed by atoms with Crippen molar-refractivity contribution in [2.24, 2.45) is 0 Å². The first-order valence-electron chi connectivity index (χ1n) is 6.43. The number of carbonyl (C=O) groups is 2. The number of amides is 1. The Hall–Kier alpha value is -2.29. The van der Waals surface area contributed by atoms with E-state index in [1.807, 2.05) is 17.5 Å². The zero-order valence-electron chi connectivity index (χ0n) is 11.5. The first kappa shape index (κ1) is 15.1. The molecule has 0 unspecified atom stereocenters. The number of nitrogens with zero attached hydrogens (tertiary/aromatic N) is 4. The number of thiophene rings is 1. The van der Waals surface area contributed by atoms with Gasteiger partial charge in [0.05, 0.1) is 6.61 Å². The maximum absolute atomic E-state index is 11.8. The average Bonchev–Trinajstić information content (AvgIpc) is 3.10. The highest BCUT2D eigenvalue weighted by Gasteiger charge is 2.18. The number of hydrogen-bond donors (Lipinski definition) is 1. The van der Waals surface area contributed by atoms with Gasteiger partial charge in [0.15, 0.2) is 0 Å². The summed E-state index contributed by atoms with van der Waals surface area (Å²) in [5, 5.41) is 15.3. The van der Waals surface area contributed by atoms with Crippen LogP contribution in [0, 0.1) is 0 Å². The molecule has 8 nitrogen and oxygen atoms in total. The average molecular weight is 309 g/mol. The van der Waals surface area contributed by atoms with Crippen molar-refractivity contribution in [3.05, 3.63) is 28.2 Å². The van der Waals surface area contributed by atoms with Crippen molar-refractivity contribution in [2.45, 2.75) is 19.9 Å². The zero-order chi connectivity index (χ0) is 15.1. The number of aromatic nitrogens is 4. The van der Waals surface area contributed by atoms with E-state index in [1.165, 1.54) is 4.88 Å². The molecule has 0 saturated heterocycles. The first-order valence-corrected chi connectivity index (χ1v) is 7.31. The third kappa shape index (κ3) is 4.35. The van der Waals surface area contributed by atoms with Crippen molar-refractivity contribution in [1.82, 2.24) is 25.5 Å². The summed E-state index contributed by atoms with van der Waals surface area (Å²) in [4.78, 5) is 24.6. The predicted octanol–water partition coefficient (Wildman–Crippen LogP) is 0.270. The van der Waals surface area contributed by atoms with E-state index in [1.54, 1.807) is 18.3 Å². The van der Waals surface area contributed by atoms with E-state index in [2.05, 4.69) is 20.8 Å². The molecule has 0 atom stereocenters. The number of nitrogens with one attached hydrogen (secondary N) is 1. The smallest absolute Gasteiger partial charge is 0.378 e. The van der Waals surface area contributed by atoms with Crippen LogP contribution in [0.25, 0.3) is 0 Å². The molecule has 0 aliphatic rings. The van der Waals surface area contributed by atoms with Gasteiger partial charge in [0.2, 0.25) is 5.91 Å². The summed E-state index contributed by atoms with van der Waals surface area (Å²) in [6.07, 6.45) is 0.768. The highest BCUT2D eigenvalue weighted by Crippen LogP contribution is 2.08. The van der Waals surface area contributed by atoms with E-state index >= 15 is 0 Å². The third-order valence-electron chi connectivity index (χ3n) is 2.56. The second-order valence-electron chi connectivity index (χ2n) is 4.06. The Morgan fingerprint density at radius 2 is 2.33 bits per heavy atom. The zero-order valence-corrected chi connectivity index (χ0v) is 12.3. The van der Waals surface area contributed by atoms with Gasteiger partial charge < -0.3 is 10.1 Å². The van der Waals surface area contributed by atoms with E-state index in [-0.39, 0.29) is 24.9 Å². The minimum atomic E-state index is -0.645. The summed E-state index contributed by atoms with van der Waals surface area (Å²) in [7, 11) is 0. The largest absolute Gasteiger partial charge is 0.460 e. The molecule has 2 heterocycles.